The van der Waals surface area contributed by atoms with E-state index in [9.17, 15) is 4.79 Å². The summed E-state index contributed by atoms with van der Waals surface area (Å²) in [5, 5.41) is 3.05. The molecule has 1 aromatic rings. The Hall–Kier alpha value is -1.06. The fourth-order valence-electron chi connectivity index (χ4n) is 0.921. The molecule has 4 nitrogen and oxygen atoms in total. The van der Waals surface area contributed by atoms with E-state index in [0.717, 1.165) is 3.79 Å². The molecule has 0 radical (unpaired) electrons. The maximum atomic E-state index is 11.5. The number of nitrogens with zero attached hydrogens (tertiary/aromatic N) is 1. The number of halogens is 1. The zero-order valence-corrected chi connectivity index (χ0v) is 11.5. The number of nitrogens with one attached hydrogen (secondary N) is 1. The van der Waals surface area contributed by atoms with Crippen molar-refractivity contribution in [1.29, 1.82) is 0 Å². The van der Waals surface area contributed by atoms with Gasteiger partial charge < -0.3 is 4.74 Å². The van der Waals surface area contributed by atoms with E-state index in [1.54, 1.807) is 26.8 Å². The lowest BCUT2D eigenvalue weighted by Crippen LogP contribution is -2.26. The minimum absolute atomic E-state index is 0.405. The van der Waals surface area contributed by atoms with Gasteiger partial charge in [0.25, 0.3) is 0 Å². The summed E-state index contributed by atoms with van der Waals surface area (Å²) in [7, 11) is 0. The van der Waals surface area contributed by atoms with Crippen LogP contribution in [0.15, 0.2) is 9.85 Å². The molecule has 0 aliphatic carbocycles. The van der Waals surface area contributed by atoms with Gasteiger partial charge in [-0.25, -0.2) is 9.64 Å². The lowest BCUT2D eigenvalue weighted by molar-refractivity contribution is 0.0636. The van der Waals surface area contributed by atoms with Crippen LogP contribution in [0.1, 0.15) is 20.8 Å². The monoisotopic (exact) mass is 302 g/mol. The van der Waals surface area contributed by atoms with Gasteiger partial charge in [-0.05, 0) is 42.8 Å². The van der Waals surface area contributed by atoms with Gasteiger partial charge in [0.05, 0.1) is 10.4 Å². The molecule has 1 amide bonds. The number of hydrogen-bond donors (Lipinski definition) is 1. The van der Waals surface area contributed by atoms with Crippen LogP contribution in [-0.2, 0) is 4.74 Å². The third kappa shape index (κ3) is 3.83. The molecule has 0 saturated carbocycles. The fraction of sp³-hybridized carbons (Fsp3) is 0.400. The van der Waals surface area contributed by atoms with E-state index in [0.29, 0.717) is 10.7 Å². The number of thiophene rings is 1. The molecule has 16 heavy (non-hydrogen) atoms. The van der Waals surface area contributed by atoms with Crippen LogP contribution < -0.4 is 5.32 Å². The predicted molar refractivity (Wildman–Crippen MR) is 68.1 cm³/mol. The fourth-order valence-corrected chi connectivity index (χ4v) is 2.33. The Morgan fingerprint density at radius 3 is 2.75 bits per heavy atom. The number of amides is 1. The van der Waals surface area contributed by atoms with Gasteiger partial charge in [0.1, 0.15) is 10.6 Å². The summed E-state index contributed by atoms with van der Waals surface area (Å²) in [5.41, 5.74) is -0.139. The molecule has 1 aromatic heterocycles. The van der Waals surface area contributed by atoms with E-state index in [2.05, 4.69) is 26.1 Å². The van der Waals surface area contributed by atoms with Gasteiger partial charge >= 0.3 is 6.09 Å². The minimum atomic E-state index is -0.549. The number of ether oxygens (including phenoxy) is 1. The van der Waals surface area contributed by atoms with Crippen molar-refractivity contribution in [3.63, 3.8) is 0 Å². The summed E-state index contributed by atoms with van der Waals surface area (Å²) < 4.78 is 5.88. The van der Waals surface area contributed by atoms with Crippen LogP contribution in [0, 0.1) is 6.57 Å². The van der Waals surface area contributed by atoms with Gasteiger partial charge in [-0.2, -0.15) is 0 Å². The Morgan fingerprint density at radius 1 is 1.62 bits per heavy atom. The van der Waals surface area contributed by atoms with E-state index in [-0.39, 0.29) is 0 Å². The number of carbonyl (C=O) groups excluding carboxylic acids is 1. The van der Waals surface area contributed by atoms with Crippen LogP contribution in [0.4, 0.5) is 15.5 Å². The van der Waals surface area contributed by atoms with Crippen LogP contribution in [-0.4, -0.2) is 11.7 Å². The highest BCUT2D eigenvalue weighted by Crippen LogP contribution is 2.38. The smallest absolute Gasteiger partial charge is 0.411 e. The molecule has 0 unspecified atom stereocenters. The number of carbonyl (C=O) groups is 1. The first-order valence-corrected chi connectivity index (χ1v) is 6.09. The van der Waals surface area contributed by atoms with Gasteiger partial charge in [0.2, 0.25) is 5.69 Å². The molecule has 1 rings (SSSR count). The first kappa shape index (κ1) is 13.0. The first-order chi connectivity index (χ1) is 7.31. The highest BCUT2D eigenvalue weighted by molar-refractivity contribution is 9.11. The Labute approximate surface area is 107 Å². The van der Waals surface area contributed by atoms with Crippen molar-refractivity contribution >= 4 is 44.0 Å². The van der Waals surface area contributed by atoms with Crippen LogP contribution >= 0.6 is 27.3 Å². The van der Waals surface area contributed by atoms with Crippen molar-refractivity contribution < 1.29 is 9.53 Å². The quantitative estimate of drug-likeness (QED) is 0.781. The SMILES string of the molecule is [C-]#[N+]c1cc(Br)sc1NC(=O)OC(C)(C)C. The van der Waals surface area contributed by atoms with Crippen LogP contribution in [0.5, 0.6) is 0 Å². The summed E-state index contributed by atoms with van der Waals surface area (Å²) in [4.78, 5) is 14.8. The van der Waals surface area contributed by atoms with Gasteiger partial charge in [-0.15, -0.1) is 11.3 Å². The topological polar surface area (TPSA) is 42.7 Å². The molecular formula is C10H11BrN2O2S. The molecular weight excluding hydrogens is 292 g/mol. The van der Waals surface area contributed by atoms with Crippen molar-refractivity contribution in [3.8, 4) is 0 Å². The number of hydrogen-bond acceptors (Lipinski definition) is 3. The molecule has 1 N–H and O–H groups in total. The average Bonchev–Trinajstić information content (AvgIpc) is 2.42. The van der Waals surface area contributed by atoms with E-state index in [4.69, 9.17) is 11.3 Å². The second-order valence-corrected chi connectivity index (χ2v) is 6.44. The third-order valence-corrected chi connectivity index (χ3v) is 2.96. The normalized spacial score (nSPS) is 10.7. The first-order valence-electron chi connectivity index (χ1n) is 4.48. The van der Waals surface area contributed by atoms with Crippen LogP contribution in [0.25, 0.3) is 4.85 Å². The van der Waals surface area contributed by atoms with Gasteiger partial charge in [0, 0.05) is 0 Å². The van der Waals surface area contributed by atoms with Crippen molar-refractivity contribution in [2.45, 2.75) is 26.4 Å². The summed E-state index contributed by atoms with van der Waals surface area (Å²) in [6.07, 6.45) is -0.549. The molecule has 1 heterocycles. The Morgan fingerprint density at radius 2 is 2.25 bits per heavy atom. The van der Waals surface area contributed by atoms with Crippen molar-refractivity contribution in [2.75, 3.05) is 5.32 Å². The molecule has 0 aliphatic heterocycles. The van der Waals surface area contributed by atoms with Gasteiger partial charge in [-0.1, -0.05) is 0 Å². The standard InChI is InChI=1S/C10H11BrN2O2S/c1-10(2,3)15-9(14)13-8-6(12-4)5-7(11)16-8/h5H,1-3H3,(H,13,14). The molecule has 0 bridgehead atoms. The molecule has 6 heteroatoms. The maximum Gasteiger partial charge on any atom is 0.411 e. The third-order valence-electron chi connectivity index (χ3n) is 1.42. The van der Waals surface area contributed by atoms with Gasteiger partial charge in [0.15, 0.2) is 0 Å². The molecule has 86 valence electrons. The van der Waals surface area contributed by atoms with E-state index < -0.39 is 11.7 Å². The highest BCUT2D eigenvalue weighted by atomic mass is 79.9. The van der Waals surface area contributed by atoms with Gasteiger partial charge in [-0.3, -0.25) is 5.32 Å². The maximum absolute atomic E-state index is 11.5. The molecule has 0 aliphatic rings. The second-order valence-electron chi connectivity index (χ2n) is 4.00. The van der Waals surface area contributed by atoms with E-state index in [1.165, 1.54) is 11.3 Å². The molecule has 0 fully saturated rings. The highest BCUT2D eigenvalue weighted by Gasteiger charge is 2.18. The van der Waals surface area contributed by atoms with Crippen molar-refractivity contribution in [1.82, 2.24) is 0 Å². The Bertz CT molecular complexity index is 443. The largest absolute Gasteiger partial charge is 0.444 e. The molecule has 0 spiro atoms. The van der Waals surface area contributed by atoms with Crippen LogP contribution in [0.3, 0.4) is 0 Å². The molecule has 0 aromatic carbocycles. The van der Waals surface area contributed by atoms with Crippen molar-refractivity contribution in [2.24, 2.45) is 0 Å². The van der Waals surface area contributed by atoms with Crippen molar-refractivity contribution in [3.05, 3.63) is 21.3 Å². The number of rotatable bonds is 1. The number of anilines is 1. The minimum Gasteiger partial charge on any atom is -0.444 e. The Kier molecular flexibility index (Phi) is 3.94. The summed E-state index contributed by atoms with van der Waals surface area (Å²) in [5.74, 6) is 0. The lowest BCUT2D eigenvalue weighted by Gasteiger charge is -2.19. The lowest BCUT2D eigenvalue weighted by atomic mass is 10.2. The summed E-state index contributed by atoms with van der Waals surface area (Å²) >= 11 is 4.54. The van der Waals surface area contributed by atoms with Crippen LogP contribution in [0.2, 0.25) is 0 Å². The zero-order valence-electron chi connectivity index (χ0n) is 9.13. The predicted octanol–water partition coefficient (Wildman–Crippen LogP) is 4.41. The average molecular weight is 303 g/mol. The zero-order chi connectivity index (χ0) is 12.3. The van der Waals surface area contributed by atoms with E-state index >= 15 is 0 Å². The Balaban J connectivity index is 2.74. The molecule has 0 saturated heterocycles. The van der Waals surface area contributed by atoms with E-state index in [1.807, 2.05) is 0 Å². The molecule has 0 atom stereocenters. The summed E-state index contributed by atoms with van der Waals surface area (Å²) in [6.45, 7) is 12.3. The summed E-state index contributed by atoms with van der Waals surface area (Å²) in [6, 6.07) is 1.66. The second kappa shape index (κ2) is 4.85.